The Morgan fingerprint density at radius 3 is 2.83 bits per heavy atom. The topological polar surface area (TPSA) is 29.1 Å². The van der Waals surface area contributed by atoms with Crippen LogP contribution >= 0.6 is 34.2 Å². The monoisotopic (exact) mass is 295 g/mol. The van der Waals surface area contributed by atoms with Gasteiger partial charge in [-0.2, -0.15) is 0 Å². The van der Waals surface area contributed by atoms with Crippen LogP contribution in [-0.2, 0) is 0 Å². The molecule has 0 saturated heterocycles. The molecular formula is C8H7ClINO. The van der Waals surface area contributed by atoms with Crippen LogP contribution in [0.5, 0.6) is 0 Å². The van der Waals surface area contributed by atoms with E-state index in [1.807, 2.05) is 6.07 Å². The van der Waals surface area contributed by atoms with E-state index >= 15 is 0 Å². The third-order valence-corrected chi connectivity index (χ3v) is 2.58. The smallest absolute Gasteiger partial charge is 0.252 e. The number of benzene rings is 1. The SMILES string of the molecule is CNC(=O)c1cc(Cl)ccc1I. The van der Waals surface area contributed by atoms with Gasteiger partial charge in [-0.15, -0.1) is 0 Å². The molecule has 1 aromatic carbocycles. The molecule has 0 aromatic heterocycles. The van der Waals surface area contributed by atoms with Crippen molar-refractivity contribution in [3.05, 3.63) is 32.4 Å². The molecule has 1 amide bonds. The van der Waals surface area contributed by atoms with Gasteiger partial charge in [0.25, 0.3) is 5.91 Å². The molecule has 0 aliphatic rings. The molecule has 12 heavy (non-hydrogen) atoms. The van der Waals surface area contributed by atoms with Gasteiger partial charge < -0.3 is 5.32 Å². The van der Waals surface area contributed by atoms with E-state index < -0.39 is 0 Å². The van der Waals surface area contributed by atoms with E-state index in [2.05, 4.69) is 27.9 Å². The Hall–Kier alpha value is -0.290. The van der Waals surface area contributed by atoms with Crippen LogP contribution in [0.4, 0.5) is 0 Å². The van der Waals surface area contributed by atoms with Crippen LogP contribution in [0.25, 0.3) is 0 Å². The van der Waals surface area contributed by atoms with E-state index in [1.54, 1.807) is 19.2 Å². The third kappa shape index (κ3) is 2.10. The van der Waals surface area contributed by atoms with Crippen LogP contribution in [0.15, 0.2) is 18.2 Å². The summed E-state index contributed by atoms with van der Waals surface area (Å²) in [6.45, 7) is 0. The van der Waals surface area contributed by atoms with Crippen LogP contribution in [0.3, 0.4) is 0 Å². The largest absolute Gasteiger partial charge is 0.355 e. The van der Waals surface area contributed by atoms with Crippen LogP contribution < -0.4 is 5.32 Å². The number of nitrogens with one attached hydrogen (secondary N) is 1. The van der Waals surface area contributed by atoms with Gasteiger partial charge in [0.05, 0.1) is 5.56 Å². The summed E-state index contributed by atoms with van der Waals surface area (Å²) in [5.41, 5.74) is 0.616. The first kappa shape index (κ1) is 9.80. The standard InChI is InChI=1S/C8H7ClINO/c1-11-8(12)6-4-5(9)2-3-7(6)10/h2-4H,1H3,(H,11,12). The zero-order valence-corrected chi connectivity index (χ0v) is 9.31. The van der Waals surface area contributed by atoms with E-state index in [0.717, 1.165) is 3.57 Å². The van der Waals surface area contributed by atoms with Crippen LogP contribution in [0, 0.1) is 3.57 Å². The Kier molecular flexibility index (Phi) is 3.34. The maximum atomic E-state index is 11.2. The first-order chi connectivity index (χ1) is 5.65. The molecule has 0 aliphatic heterocycles. The summed E-state index contributed by atoms with van der Waals surface area (Å²) in [6.07, 6.45) is 0. The van der Waals surface area contributed by atoms with E-state index in [1.165, 1.54) is 0 Å². The molecule has 0 fully saturated rings. The van der Waals surface area contributed by atoms with Crippen molar-refractivity contribution in [2.24, 2.45) is 0 Å². The maximum absolute atomic E-state index is 11.2. The molecule has 0 aliphatic carbocycles. The molecule has 0 saturated carbocycles. The average Bonchev–Trinajstić information content (AvgIpc) is 2.08. The molecule has 64 valence electrons. The Balaban J connectivity index is 3.13. The molecular weight excluding hydrogens is 288 g/mol. The van der Waals surface area contributed by atoms with Gasteiger partial charge >= 0.3 is 0 Å². The molecule has 0 spiro atoms. The predicted molar refractivity (Wildman–Crippen MR) is 57.6 cm³/mol. The summed E-state index contributed by atoms with van der Waals surface area (Å²) >= 11 is 7.83. The number of carbonyl (C=O) groups is 1. The Morgan fingerprint density at radius 2 is 2.25 bits per heavy atom. The lowest BCUT2D eigenvalue weighted by atomic mass is 10.2. The number of hydrogen-bond acceptors (Lipinski definition) is 1. The van der Waals surface area contributed by atoms with Gasteiger partial charge in [0, 0.05) is 15.6 Å². The Bertz CT molecular complexity index is 314. The van der Waals surface area contributed by atoms with Crippen molar-refractivity contribution in [3.63, 3.8) is 0 Å². The van der Waals surface area contributed by atoms with Crippen LogP contribution in [-0.4, -0.2) is 13.0 Å². The fourth-order valence-electron chi connectivity index (χ4n) is 0.806. The van der Waals surface area contributed by atoms with Crippen LogP contribution in [0.1, 0.15) is 10.4 Å². The molecule has 0 atom stereocenters. The summed E-state index contributed by atoms with van der Waals surface area (Å²) in [4.78, 5) is 11.2. The van der Waals surface area contributed by atoms with E-state index in [9.17, 15) is 4.79 Å². The molecule has 0 bridgehead atoms. The van der Waals surface area contributed by atoms with Crippen LogP contribution in [0.2, 0.25) is 5.02 Å². The van der Waals surface area contributed by atoms with Gasteiger partial charge in [0.15, 0.2) is 0 Å². The van der Waals surface area contributed by atoms with Gasteiger partial charge in [0.2, 0.25) is 0 Å². The third-order valence-electron chi connectivity index (χ3n) is 1.40. The highest BCUT2D eigenvalue weighted by molar-refractivity contribution is 14.1. The number of hydrogen-bond donors (Lipinski definition) is 1. The number of carbonyl (C=O) groups excluding carboxylic acids is 1. The van der Waals surface area contributed by atoms with Crippen molar-refractivity contribution < 1.29 is 4.79 Å². The van der Waals surface area contributed by atoms with E-state index in [0.29, 0.717) is 10.6 Å². The van der Waals surface area contributed by atoms with Crippen molar-refractivity contribution in [1.29, 1.82) is 0 Å². The highest BCUT2D eigenvalue weighted by Gasteiger charge is 2.07. The second kappa shape index (κ2) is 4.09. The molecule has 1 N–H and O–H groups in total. The molecule has 1 aromatic rings. The lowest BCUT2D eigenvalue weighted by Crippen LogP contribution is -2.18. The zero-order chi connectivity index (χ0) is 9.14. The molecule has 4 heteroatoms. The van der Waals surface area contributed by atoms with Gasteiger partial charge in [-0.3, -0.25) is 4.79 Å². The minimum absolute atomic E-state index is 0.109. The number of amides is 1. The highest BCUT2D eigenvalue weighted by Crippen LogP contribution is 2.17. The fraction of sp³-hybridized carbons (Fsp3) is 0.125. The van der Waals surface area contributed by atoms with Crippen molar-refractivity contribution >= 4 is 40.1 Å². The van der Waals surface area contributed by atoms with Crippen molar-refractivity contribution in [3.8, 4) is 0 Å². The maximum Gasteiger partial charge on any atom is 0.252 e. The minimum atomic E-state index is -0.109. The summed E-state index contributed by atoms with van der Waals surface area (Å²) in [7, 11) is 1.60. The van der Waals surface area contributed by atoms with Gasteiger partial charge in [-0.1, -0.05) is 11.6 Å². The lowest BCUT2D eigenvalue weighted by molar-refractivity contribution is 0.0962. The van der Waals surface area contributed by atoms with Crippen molar-refractivity contribution in [1.82, 2.24) is 5.32 Å². The lowest BCUT2D eigenvalue weighted by Gasteiger charge is -2.02. The zero-order valence-electron chi connectivity index (χ0n) is 6.40. The summed E-state index contributed by atoms with van der Waals surface area (Å²) in [5, 5.41) is 3.12. The molecule has 1 rings (SSSR count). The summed E-state index contributed by atoms with van der Waals surface area (Å²) < 4.78 is 0.899. The second-order valence-electron chi connectivity index (χ2n) is 2.20. The quantitative estimate of drug-likeness (QED) is 0.792. The van der Waals surface area contributed by atoms with E-state index in [4.69, 9.17) is 11.6 Å². The number of rotatable bonds is 1. The molecule has 0 unspecified atom stereocenters. The predicted octanol–water partition coefficient (Wildman–Crippen LogP) is 2.30. The molecule has 2 nitrogen and oxygen atoms in total. The van der Waals surface area contributed by atoms with E-state index in [-0.39, 0.29) is 5.91 Å². The van der Waals surface area contributed by atoms with Crippen molar-refractivity contribution in [2.45, 2.75) is 0 Å². The Morgan fingerprint density at radius 1 is 1.58 bits per heavy atom. The minimum Gasteiger partial charge on any atom is -0.355 e. The summed E-state index contributed by atoms with van der Waals surface area (Å²) in [5.74, 6) is -0.109. The Labute approximate surface area is 89.4 Å². The molecule has 0 heterocycles. The van der Waals surface area contributed by atoms with Crippen molar-refractivity contribution in [2.75, 3.05) is 7.05 Å². The average molecular weight is 296 g/mol. The highest BCUT2D eigenvalue weighted by atomic mass is 127. The number of halogens is 2. The first-order valence-electron chi connectivity index (χ1n) is 3.32. The van der Waals surface area contributed by atoms with Gasteiger partial charge in [-0.25, -0.2) is 0 Å². The first-order valence-corrected chi connectivity index (χ1v) is 4.78. The fourth-order valence-corrected chi connectivity index (χ4v) is 1.56. The molecule has 0 radical (unpaired) electrons. The summed E-state index contributed by atoms with van der Waals surface area (Å²) in [6, 6.07) is 5.23. The van der Waals surface area contributed by atoms with Gasteiger partial charge in [-0.05, 0) is 40.8 Å². The van der Waals surface area contributed by atoms with Gasteiger partial charge in [0.1, 0.15) is 0 Å². The normalized spacial score (nSPS) is 9.58. The second-order valence-corrected chi connectivity index (χ2v) is 3.80.